The van der Waals surface area contributed by atoms with E-state index in [1.807, 2.05) is 17.1 Å². The van der Waals surface area contributed by atoms with Crippen molar-refractivity contribution in [3.8, 4) is 0 Å². The number of nitrogens with two attached hydrogens (primary N) is 1. The first-order valence-corrected chi connectivity index (χ1v) is 6.22. The van der Waals surface area contributed by atoms with Crippen molar-refractivity contribution in [1.29, 1.82) is 0 Å². The Morgan fingerprint density at radius 1 is 1.17 bits per heavy atom. The van der Waals surface area contributed by atoms with E-state index in [0.29, 0.717) is 39.6 Å². The molecule has 0 fully saturated rings. The number of nitrogens with zero attached hydrogens (tertiary/aromatic N) is 2. The fourth-order valence-corrected chi connectivity index (χ4v) is 1.45. The van der Waals surface area contributed by atoms with Gasteiger partial charge in [-0.3, -0.25) is 4.68 Å². The van der Waals surface area contributed by atoms with Crippen molar-refractivity contribution in [2.24, 2.45) is 5.73 Å². The maximum Gasteiger partial charge on any atom is 0.0701 e. The van der Waals surface area contributed by atoms with Gasteiger partial charge in [-0.2, -0.15) is 5.10 Å². The number of methoxy groups -OCH3 is 1. The molecule has 18 heavy (non-hydrogen) atoms. The Kier molecular flexibility index (Phi) is 8.41. The molecule has 2 N–H and O–H groups in total. The summed E-state index contributed by atoms with van der Waals surface area (Å²) in [6.07, 6.45) is 4.72. The molecule has 0 atom stereocenters. The van der Waals surface area contributed by atoms with Gasteiger partial charge in [0.25, 0.3) is 0 Å². The van der Waals surface area contributed by atoms with Gasteiger partial charge in [0.15, 0.2) is 0 Å². The predicted molar refractivity (Wildman–Crippen MR) is 68.5 cm³/mol. The van der Waals surface area contributed by atoms with E-state index in [1.165, 1.54) is 5.56 Å². The summed E-state index contributed by atoms with van der Waals surface area (Å²) in [5, 5.41) is 4.23. The molecule has 0 saturated heterocycles. The summed E-state index contributed by atoms with van der Waals surface area (Å²) in [6, 6.07) is 0. The Morgan fingerprint density at radius 3 is 2.61 bits per heavy atom. The van der Waals surface area contributed by atoms with Crippen molar-refractivity contribution in [3.63, 3.8) is 0 Å². The SMILES string of the molecule is COCCOCCOCCn1cc(CCN)cn1. The van der Waals surface area contributed by atoms with Crippen molar-refractivity contribution in [2.45, 2.75) is 13.0 Å². The van der Waals surface area contributed by atoms with Crippen LogP contribution in [0.15, 0.2) is 12.4 Å². The highest BCUT2D eigenvalue weighted by molar-refractivity contribution is 5.03. The van der Waals surface area contributed by atoms with Crippen LogP contribution < -0.4 is 5.73 Å². The number of rotatable bonds is 11. The lowest BCUT2D eigenvalue weighted by Crippen LogP contribution is -2.12. The van der Waals surface area contributed by atoms with Gasteiger partial charge < -0.3 is 19.9 Å². The molecule has 6 heteroatoms. The smallest absolute Gasteiger partial charge is 0.0701 e. The molecule has 0 aromatic carbocycles. The zero-order chi connectivity index (χ0) is 13.1. The van der Waals surface area contributed by atoms with Gasteiger partial charge in [-0.15, -0.1) is 0 Å². The van der Waals surface area contributed by atoms with Crippen molar-refractivity contribution < 1.29 is 14.2 Å². The first-order valence-electron chi connectivity index (χ1n) is 6.22. The maximum atomic E-state index is 5.47. The zero-order valence-electron chi connectivity index (χ0n) is 11.0. The topological polar surface area (TPSA) is 71.5 Å². The fraction of sp³-hybridized carbons (Fsp3) is 0.750. The normalized spacial score (nSPS) is 11.0. The minimum atomic E-state index is 0.598. The van der Waals surface area contributed by atoms with Crippen LogP contribution in [0, 0.1) is 0 Å². The lowest BCUT2D eigenvalue weighted by Gasteiger charge is -2.05. The molecule has 1 aromatic heterocycles. The molecule has 0 aliphatic heterocycles. The van der Waals surface area contributed by atoms with E-state index in [-0.39, 0.29) is 0 Å². The molecule has 6 nitrogen and oxygen atoms in total. The minimum Gasteiger partial charge on any atom is -0.382 e. The maximum absolute atomic E-state index is 5.47. The molecule has 0 aliphatic carbocycles. The lowest BCUT2D eigenvalue weighted by atomic mass is 10.3. The van der Waals surface area contributed by atoms with Crippen LogP contribution in [0.4, 0.5) is 0 Å². The molecule has 0 bridgehead atoms. The second-order valence-corrected chi connectivity index (χ2v) is 3.87. The molecule has 0 unspecified atom stereocenters. The molecule has 0 radical (unpaired) electrons. The first kappa shape index (κ1) is 15.1. The molecule has 1 rings (SSSR count). The molecular formula is C12H23N3O3. The summed E-state index contributed by atoms with van der Waals surface area (Å²) < 4.78 is 17.4. The minimum absolute atomic E-state index is 0.598. The molecule has 0 aliphatic rings. The Labute approximate surface area is 108 Å². The van der Waals surface area contributed by atoms with Crippen LogP contribution in [0.5, 0.6) is 0 Å². The predicted octanol–water partition coefficient (Wildman–Crippen LogP) is 0.0639. The van der Waals surface area contributed by atoms with E-state index in [1.54, 1.807) is 7.11 Å². The summed E-state index contributed by atoms with van der Waals surface area (Å²) in [4.78, 5) is 0. The van der Waals surface area contributed by atoms with Crippen LogP contribution >= 0.6 is 0 Å². The van der Waals surface area contributed by atoms with Crippen molar-refractivity contribution in [3.05, 3.63) is 18.0 Å². The van der Waals surface area contributed by atoms with Crippen molar-refractivity contribution in [1.82, 2.24) is 9.78 Å². The van der Waals surface area contributed by atoms with Gasteiger partial charge in [-0.25, -0.2) is 0 Å². The van der Waals surface area contributed by atoms with Gasteiger partial charge in [-0.1, -0.05) is 0 Å². The number of hydrogen-bond acceptors (Lipinski definition) is 5. The Morgan fingerprint density at radius 2 is 1.89 bits per heavy atom. The number of aromatic nitrogens is 2. The second-order valence-electron chi connectivity index (χ2n) is 3.87. The quantitative estimate of drug-likeness (QED) is 0.568. The molecule has 1 heterocycles. The van der Waals surface area contributed by atoms with E-state index in [2.05, 4.69) is 5.10 Å². The Balaban J connectivity index is 1.96. The van der Waals surface area contributed by atoms with Crippen molar-refractivity contribution >= 4 is 0 Å². The molecule has 0 amide bonds. The third-order valence-electron chi connectivity index (χ3n) is 2.39. The van der Waals surface area contributed by atoms with E-state index in [9.17, 15) is 0 Å². The third-order valence-corrected chi connectivity index (χ3v) is 2.39. The van der Waals surface area contributed by atoms with Gasteiger partial charge in [0.2, 0.25) is 0 Å². The molecule has 0 saturated carbocycles. The Hall–Kier alpha value is -0.950. The van der Waals surface area contributed by atoms with Crippen LogP contribution in [0.1, 0.15) is 5.56 Å². The highest BCUT2D eigenvalue weighted by Crippen LogP contribution is 1.97. The van der Waals surface area contributed by atoms with E-state index in [4.69, 9.17) is 19.9 Å². The molecule has 0 spiro atoms. The summed E-state index contributed by atoms with van der Waals surface area (Å²) in [5.74, 6) is 0. The van der Waals surface area contributed by atoms with Crippen molar-refractivity contribution in [2.75, 3.05) is 46.7 Å². The first-order chi connectivity index (χ1) is 8.86. The highest BCUT2D eigenvalue weighted by Gasteiger charge is 1.97. The van der Waals surface area contributed by atoms with Crippen LogP contribution in [0.25, 0.3) is 0 Å². The largest absolute Gasteiger partial charge is 0.382 e. The summed E-state index contributed by atoms with van der Waals surface area (Å²) in [5.41, 5.74) is 6.64. The van der Waals surface area contributed by atoms with Crippen LogP contribution in [-0.2, 0) is 27.2 Å². The lowest BCUT2D eigenvalue weighted by molar-refractivity contribution is 0.0225. The Bertz CT molecular complexity index is 305. The van der Waals surface area contributed by atoms with Crippen LogP contribution in [0.3, 0.4) is 0 Å². The number of ether oxygens (including phenoxy) is 3. The van der Waals surface area contributed by atoms with Crippen LogP contribution in [0.2, 0.25) is 0 Å². The van der Waals surface area contributed by atoms with Gasteiger partial charge in [0.1, 0.15) is 0 Å². The van der Waals surface area contributed by atoms with Gasteiger partial charge in [0.05, 0.1) is 45.8 Å². The highest BCUT2D eigenvalue weighted by atomic mass is 16.5. The van der Waals surface area contributed by atoms with Crippen LogP contribution in [-0.4, -0.2) is 56.5 Å². The van der Waals surface area contributed by atoms with Gasteiger partial charge in [-0.05, 0) is 18.5 Å². The van der Waals surface area contributed by atoms with Gasteiger partial charge >= 0.3 is 0 Å². The van der Waals surface area contributed by atoms with E-state index < -0.39 is 0 Å². The molecule has 1 aromatic rings. The van der Waals surface area contributed by atoms with E-state index in [0.717, 1.165) is 13.0 Å². The average molecular weight is 257 g/mol. The number of hydrogen-bond donors (Lipinski definition) is 1. The fourth-order valence-electron chi connectivity index (χ4n) is 1.45. The second kappa shape index (κ2) is 10.0. The van der Waals surface area contributed by atoms with E-state index >= 15 is 0 Å². The molecular weight excluding hydrogens is 234 g/mol. The standard InChI is InChI=1S/C12H23N3O3/c1-16-6-7-18-9-8-17-5-4-15-11-12(2-3-13)10-14-15/h10-11H,2-9,13H2,1H3. The monoisotopic (exact) mass is 257 g/mol. The summed E-state index contributed by atoms with van der Waals surface area (Å²) in [6.45, 7) is 4.47. The zero-order valence-corrected chi connectivity index (χ0v) is 11.0. The average Bonchev–Trinajstić information content (AvgIpc) is 2.81. The summed E-state index contributed by atoms with van der Waals surface area (Å²) >= 11 is 0. The molecule has 104 valence electrons. The van der Waals surface area contributed by atoms with Gasteiger partial charge in [0, 0.05) is 13.3 Å². The summed E-state index contributed by atoms with van der Waals surface area (Å²) in [7, 11) is 1.66. The third kappa shape index (κ3) is 6.70.